The van der Waals surface area contributed by atoms with Crippen molar-refractivity contribution in [2.24, 2.45) is 23.2 Å². The Hall–Kier alpha value is 0. The second-order valence-electron chi connectivity index (χ2n) is 9.27. The molecule has 4 aliphatic heterocycles. The molecule has 6 N–H and O–H groups in total. The van der Waals surface area contributed by atoms with Crippen molar-refractivity contribution in [3.8, 4) is 0 Å². The van der Waals surface area contributed by atoms with Crippen LogP contribution in [0.5, 0.6) is 0 Å². The van der Waals surface area contributed by atoms with Crippen LogP contribution in [0.25, 0.3) is 0 Å². The monoisotopic (exact) mass is 400 g/mol. The van der Waals surface area contributed by atoms with Crippen LogP contribution in [0.4, 0.5) is 4.39 Å². The van der Waals surface area contributed by atoms with E-state index in [1.54, 1.807) is 11.8 Å². The van der Waals surface area contributed by atoms with Crippen LogP contribution in [-0.4, -0.2) is 72.4 Å². The number of halogens is 1. The maximum absolute atomic E-state index is 15.1. The maximum atomic E-state index is 15.1. The van der Waals surface area contributed by atoms with Gasteiger partial charge in [0.15, 0.2) is 0 Å². The molecule has 6 atom stereocenters. The van der Waals surface area contributed by atoms with Gasteiger partial charge in [0.05, 0.1) is 11.5 Å². The zero-order valence-electron chi connectivity index (χ0n) is 15.8. The topological polar surface area (TPSA) is 83.6 Å². The summed E-state index contributed by atoms with van der Waals surface area (Å²) < 4.78 is 15.1. The average Bonchev–Trinajstić information content (AvgIpc) is 3.32. The van der Waals surface area contributed by atoms with Crippen LogP contribution in [0, 0.1) is 23.2 Å². The molecule has 9 heteroatoms. The number of rotatable bonds is 3. The normalized spacial score (nSPS) is 46.0. The van der Waals surface area contributed by atoms with Gasteiger partial charge in [-0.05, 0) is 56.0 Å². The highest BCUT2D eigenvalue weighted by atomic mass is 32.2. The quantitative estimate of drug-likeness (QED) is 0.381. The summed E-state index contributed by atoms with van der Waals surface area (Å²) in [6.45, 7) is 6.27. The van der Waals surface area contributed by atoms with E-state index < -0.39 is 12.3 Å². The highest BCUT2D eigenvalue weighted by Gasteiger charge is 2.51. The minimum Gasteiger partial charge on any atom is -0.393 e. The molecule has 0 aromatic rings. The summed E-state index contributed by atoms with van der Waals surface area (Å²) in [7, 11) is 0. The first-order valence-electron chi connectivity index (χ1n) is 10.5. The molecule has 0 radical (unpaired) electrons. The van der Waals surface area contributed by atoms with Gasteiger partial charge in [-0.3, -0.25) is 15.8 Å². The minimum atomic E-state index is -0.947. The van der Waals surface area contributed by atoms with Crippen LogP contribution < -0.4 is 27.0 Å². The smallest absolute Gasteiger partial charge is 0.122 e. The molecule has 5 rings (SSSR count). The van der Waals surface area contributed by atoms with Gasteiger partial charge in [-0.25, -0.2) is 15.2 Å². The number of aliphatic hydroxyl groups is 1. The number of nitrogens with zero attached hydrogens (tertiary/aromatic N) is 1. The molecule has 6 unspecified atom stereocenters. The molecule has 4 saturated heterocycles. The lowest BCUT2D eigenvalue weighted by Crippen LogP contribution is -2.64. The highest BCUT2D eigenvalue weighted by Crippen LogP contribution is 2.45. The summed E-state index contributed by atoms with van der Waals surface area (Å²) >= 11 is 1.75. The summed E-state index contributed by atoms with van der Waals surface area (Å²) in [6, 6.07) is 0. The van der Waals surface area contributed by atoms with Crippen LogP contribution in [-0.2, 0) is 0 Å². The molecule has 7 nitrogen and oxygen atoms in total. The van der Waals surface area contributed by atoms with E-state index in [-0.39, 0.29) is 22.7 Å². The Bertz CT molecular complexity index is 512. The molecule has 0 aromatic heterocycles. The summed E-state index contributed by atoms with van der Waals surface area (Å²) in [6.07, 6.45) is 2.28. The van der Waals surface area contributed by atoms with E-state index >= 15 is 4.39 Å². The van der Waals surface area contributed by atoms with Crippen molar-refractivity contribution >= 4 is 11.8 Å². The first-order valence-corrected chi connectivity index (χ1v) is 11.5. The van der Waals surface area contributed by atoms with Gasteiger partial charge in [0.1, 0.15) is 11.7 Å². The molecular weight excluding hydrogens is 367 g/mol. The van der Waals surface area contributed by atoms with Crippen LogP contribution >= 0.6 is 11.8 Å². The van der Waals surface area contributed by atoms with Gasteiger partial charge >= 0.3 is 0 Å². The van der Waals surface area contributed by atoms with Gasteiger partial charge in [-0.2, -0.15) is 0 Å². The number of aliphatic hydroxyl groups excluding tert-OH is 1. The predicted molar refractivity (Wildman–Crippen MR) is 104 cm³/mol. The Morgan fingerprint density at radius 3 is 2.44 bits per heavy atom. The largest absolute Gasteiger partial charge is 0.393 e. The predicted octanol–water partition coefficient (Wildman–Crippen LogP) is -0.428. The number of likely N-dealkylation sites (tertiary alicyclic amines) is 1. The van der Waals surface area contributed by atoms with Gasteiger partial charge in [0.25, 0.3) is 0 Å². The molecule has 4 heterocycles. The fraction of sp³-hybridized carbons (Fsp3) is 1.00. The number of thioether (sulfide) groups is 1. The molecule has 5 fully saturated rings. The maximum Gasteiger partial charge on any atom is 0.122 e. The van der Waals surface area contributed by atoms with Crippen LogP contribution in [0.15, 0.2) is 0 Å². The number of alkyl halides is 1. The fourth-order valence-electron chi connectivity index (χ4n) is 5.82. The van der Waals surface area contributed by atoms with Crippen LogP contribution in [0.2, 0.25) is 0 Å². The van der Waals surface area contributed by atoms with E-state index in [1.807, 2.05) is 0 Å². The molecule has 154 valence electrons. The van der Waals surface area contributed by atoms with E-state index in [1.165, 1.54) is 12.8 Å². The van der Waals surface area contributed by atoms with Crippen molar-refractivity contribution in [3.05, 3.63) is 0 Å². The van der Waals surface area contributed by atoms with Gasteiger partial charge in [0, 0.05) is 32.1 Å². The van der Waals surface area contributed by atoms with Gasteiger partial charge in [-0.1, -0.05) is 0 Å². The first kappa shape index (κ1) is 19.0. The summed E-state index contributed by atoms with van der Waals surface area (Å²) in [5, 5.41) is 14.1. The van der Waals surface area contributed by atoms with E-state index in [0.717, 1.165) is 39.3 Å². The lowest BCUT2D eigenvalue weighted by Gasteiger charge is -2.54. The number of hydrazine groups is 2. The zero-order valence-corrected chi connectivity index (χ0v) is 16.6. The fourth-order valence-corrected chi connectivity index (χ4v) is 7.22. The van der Waals surface area contributed by atoms with Crippen molar-refractivity contribution in [2.75, 3.05) is 39.3 Å². The number of hydrogen-bond donors (Lipinski definition) is 6. The lowest BCUT2D eigenvalue weighted by atomic mass is 9.72. The molecular formula is C18H33FN6OS. The molecule has 1 saturated carbocycles. The van der Waals surface area contributed by atoms with Crippen molar-refractivity contribution < 1.29 is 9.50 Å². The third-order valence-electron chi connectivity index (χ3n) is 7.50. The van der Waals surface area contributed by atoms with Crippen LogP contribution in [0.1, 0.15) is 25.7 Å². The minimum absolute atomic E-state index is 0.0645. The molecule has 1 aliphatic carbocycles. The number of hydrogen-bond acceptors (Lipinski definition) is 8. The summed E-state index contributed by atoms with van der Waals surface area (Å²) in [4.78, 5) is 2.46. The SMILES string of the molecule is OC1CC(C2CNNC2)CC(F)C1C1NNC(N2CC3(CCNCC3)C2)S1. The summed E-state index contributed by atoms with van der Waals surface area (Å²) in [5.74, 6) is 0.357. The standard InChI is InChI=1S/C18H33FN6OS/c19-13-5-11(12-7-21-22-8-12)6-14(26)15(13)16-23-24-17(27-16)25-9-18(10-25)1-3-20-4-2-18/h11-17,20-24,26H,1-10H2. The third kappa shape index (κ3) is 3.66. The Morgan fingerprint density at radius 2 is 1.74 bits per heavy atom. The first-order chi connectivity index (χ1) is 13.1. The van der Waals surface area contributed by atoms with Crippen molar-refractivity contribution in [1.82, 2.24) is 31.9 Å². The van der Waals surface area contributed by atoms with E-state index in [4.69, 9.17) is 0 Å². The molecule has 5 aliphatic rings. The second-order valence-corrected chi connectivity index (χ2v) is 10.5. The van der Waals surface area contributed by atoms with Gasteiger partial charge < -0.3 is 10.4 Å². The van der Waals surface area contributed by atoms with E-state index in [0.29, 0.717) is 24.2 Å². The summed E-state index contributed by atoms with van der Waals surface area (Å²) in [5.41, 5.74) is 13.6. The zero-order chi connectivity index (χ0) is 18.4. The Labute approximate surface area is 164 Å². The molecule has 0 bridgehead atoms. The molecule has 27 heavy (non-hydrogen) atoms. The van der Waals surface area contributed by atoms with Crippen molar-refractivity contribution in [2.45, 2.75) is 48.8 Å². The van der Waals surface area contributed by atoms with Crippen molar-refractivity contribution in [3.63, 3.8) is 0 Å². The molecule has 1 spiro atoms. The highest BCUT2D eigenvalue weighted by molar-refractivity contribution is 8.00. The molecule has 0 amide bonds. The molecule has 0 aromatic carbocycles. The van der Waals surface area contributed by atoms with Gasteiger partial charge in [0.2, 0.25) is 0 Å². The van der Waals surface area contributed by atoms with Gasteiger partial charge in [-0.15, -0.1) is 11.8 Å². The Kier molecular flexibility index (Phi) is 5.40. The second kappa shape index (κ2) is 7.68. The van der Waals surface area contributed by atoms with E-state index in [9.17, 15) is 5.11 Å². The van der Waals surface area contributed by atoms with E-state index in [2.05, 4.69) is 31.9 Å². The lowest BCUT2D eigenvalue weighted by molar-refractivity contribution is -0.0386. The van der Waals surface area contributed by atoms with Crippen LogP contribution in [0.3, 0.4) is 0 Å². The Morgan fingerprint density at radius 1 is 1.00 bits per heavy atom. The average molecular weight is 401 g/mol. The van der Waals surface area contributed by atoms with Crippen molar-refractivity contribution in [1.29, 1.82) is 0 Å². The Balaban J connectivity index is 1.15. The number of piperidine rings is 1. The number of nitrogens with one attached hydrogen (secondary N) is 5. The third-order valence-corrected chi connectivity index (χ3v) is 8.90.